The molecule has 0 radical (unpaired) electrons. The van der Waals surface area contributed by atoms with Crippen molar-refractivity contribution in [3.05, 3.63) is 42.2 Å². The molecule has 3 rings (SSSR count). The number of anilines is 1. The zero-order valence-electron chi connectivity index (χ0n) is 18.3. The molecule has 0 bridgehead atoms. The summed E-state index contributed by atoms with van der Waals surface area (Å²) >= 11 is 0. The van der Waals surface area contributed by atoms with Crippen molar-refractivity contribution in [3.63, 3.8) is 0 Å². The minimum absolute atomic E-state index is 0.0367. The number of hydrogen-bond acceptors (Lipinski definition) is 4. The van der Waals surface area contributed by atoms with E-state index in [-0.39, 0.29) is 12.5 Å². The molecule has 8 nitrogen and oxygen atoms in total. The third-order valence-electron chi connectivity index (χ3n) is 5.10. The normalized spacial score (nSPS) is 15.1. The van der Waals surface area contributed by atoms with Crippen LogP contribution in [0.1, 0.15) is 25.8 Å². The van der Waals surface area contributed by atoms with Crippen LogP contribution in [0.4, 0.5) is 5.69 Å². The number of aliphatic imine (C=N–C) groups is 1. The molecule has 1 saturated heterocycles. The minimum atomic E-state index is 0.0367. The summed E-state index contributed by atoms with van der Waals surface area (Å²) in [7, 11) is 3.59. The average Bonchev–Trinajstić information content (AvgIpc) is 3.15. The fourth-order valence-electron chi connectivity index (χ4n) is 3.38. The van der Waals surface area contributed by atoms with E-state index in [1.54, 1.807) is 22.8 Å². The maximum absolute atomic E-state index is 12.7. The Bertz CT molecular complexity index is 876. The van der Waals surface area contributed by atoms with E-state index in [1.807, 2.05) is 36.3 Å². The summed E-state index contributed by atoms with van der Waals surface area (Å²) < 4.78 is 7.68. The van der Waals surface area contributed by atoms with Crippen LogP contribution in [0.2, 0.25) is 0 Å². The lowest BCUT2D eigenvalue weighted by molar-refractivity contribution is -0.120. The Morgan fingerprint density at radius 2 is 2.10 bits per heavy atom. The van der Waals surface area contributed by atoms with Gasteiger partial charge in [-0.15, -0.1) is 0 Å². The number of aromatic nitrogens is 2. The summed E-state index contributed by atoms with van der Waals surface area (Å²) in [5.41, 5.74) is 1.90. The molecule has 0 saturated carbocycles. The predicted octanol–water partition coefficient (Wildman–Crippen LogP) is 2.27. The average molecular weight is 413 g/mol. The number of ether oxygens (including phenoxy) is 1. The summed E-state index contributed by atoms with van der Waals surface area (Å²) in [5, 5.41) is 7.54. The van der Waals surface area contributed by atoms with Crippen molar-refractivity contribution in [2.45, 2.75) is 26.8 Å². The third-order valence-corrected chi connectivity index (χ3v) is 5.10. The van der Waals surface area contributed by atoms with Crippen molar-refractivity contribution in [1.82, 2.24) is 20.0 Å². The Hall–Kier alpha value is -3.03. The number of hydrogen-bond donors (Lipinski definition) is 1. The molecule has 8 heteroatoms. The highest BCUT2D eigenvalue weighted by Gasteiger charge is 2.27. The van der Waals surface area contributed by atoms with E-state index in [0.29, 0.717) is 38.1 Å². The number of amides is 1. The summed E-state index contributed by atoms with van der Waals surface area (Å²) in [6.45, 7) is 7.25. The maximum atomic E-state index is 12.7. The Morgan fingerprint density at radius 1 is 1.30 bits per heavy atom. The van der Waals surface area contributed by atoms with Gasteiger partial charge in [0.15, 0.2) is 5.96 Å². The molecular weight excluding hydrogens is 380 g/mol. The van der Waals surface area contributed by atoms with Crippen molar-refractivity contribution in [2.24, 2.45) is 18.0 Å². The molecule has 1 aromatic heterocycles. The molecule has 1 aliphatic rings. The first-order valence-corrected chi connectivity index (χ1v) is 10.4. The Kier molecular flexibility index (Phi) is 7.32. The van der Waals surface area contributed by atoms with Gasteiger partial charge in [-0.2, -0.15) is 5.10 Å². The zero-order valence-corrected chi connectivity index (χ0v) is 18.3. The first-order valence-electron chi connectivity index (χ1n) is 10.4. The maximum Gasteiger partial charge on any atom is 0.246 e. The van der Waals surface area contributed by atoms with Gasteiger partial charge in [0.05, 0.1) is 18.5 Å². The van der Waals surface area contributed by atoms with Gasteiger partial charge in [-0.1, -0.05) is 32.0 Å². The van der Waals surface area contributed by atoms with E-state index in [2.05, 4.69) is 35.3 Å². The molecule has 0 unspecified atom stereocenters. The van der Waals surface area contributed by atoms with Gasteiger partial charge in [0.1, 0.15) is 12.3 Å². The van der Waals surface area contributed by atoms with Crippen LogP contribution in [0.25, 0.3) is 0 Å². The van der Waals surface area contributed by atoms with Crippen LogP contribution in [0.15, 0.2) is 41.7 Å². The van der Waals surface area contributed by atoms with E-state index in [9.17, 15) is 4.79 Å². The van der Waals surface area contributed by atoms with Crippen LogP contribution in [-0.2, 0) is 18.4 Å². The number of guanidine groups is 1. The minimum Gasteiger partial charge on any atom is -0.493 e. The van der Waals surface area contributed by atoms with Crippen molar-refractivity contribution < 1.29 is 9.53 Å². The highest BCUT2D eigenvalue weighted by atomic mass is 16.5. The number of para-hydroxylation sites is 1. The van der Waals surface area contributed by atoms with Gasteiger partial charge in [-0.05, 0) is 18.4 Å². The second kappa shape index (κ2) is 10.1. The van der Waals surface area contributed by atoms with E-state index < -0.39 is 0 Å². The highest BCUT2D eigenvalue weighted by Crippen LogP contribution is 2.19. The second-order valence-corrected chi connectivity index (χ2v) is 7.88. The van der Waals surface area contributed by atoms with Crippen LogP contribution in [-0.4, -0.2) is 59.8 Å². The molecule has 0 spiro atoms. The first-order chi connectivity index (χ1) is 14.5. The molecule has 1 aliphatic heterocycles. The SMILES string of the molecule is CN=C(NCc1ccccc1OCCC(C)C)N1CCN(c2cnn(C)c2)C(=O)C1. The van der Waals surface area contributed by atoms with Crippen LogP contribution < -0.4 is 15.0 Å². The largest absolute Gasteiger partial charge is 0.493 e. The molecule has 2 heterocycles. The van der Waals surface area contributed by atoms with Gasteiger partial charge in [0.2, 0.25) is 5.91 Å². The van der Waals surface area contributed by atoms with Crippen LogP contribution in [0.5, 0.6) is 5.75 Å². The molecule has 1 aromatic carbocycles. The van der Waals surface area contributed by atoms with Crippen molar-refractivity contribution in [1.29, 1.82) is 0 Å². The lowest BCUT2D eigenvalue weighted by Gasteiger charge is -2.35. The van der Waals surface area contributed by atoms with Crippen molar-refractivity contribution in [2.75, 3.05) is 38.2 Å². The number of piperazine rings is 1. The topological polar surface area (TPSA) is 75.0 Å². The molecule has 0 atom stereocenters. The summed E-state index contributed by atoms with van der Waals surface area (Å²) in [5.74, 6) is 2.25. The number of carbonyl (C=O) groups is 1. The molecule has 1 fully saturated rings. The lowest BCUT2D eigenvalue weighted by Crippen LogP contribution is -2.55. The molecule has 1 N–H and O–H groups in total. The summed E-state index contributed by atoms with van der Waals surface area (Å²) in [6, 6.07) is 8.04. The van der Waals surface area contributed by atoms with E-state index in [4.69, 9.17) is 4.74 Å². The van der Waals surface area contributed by atoms with Gasteiger partial charge in [0, 0.05) is 45.5 Å². The fourth-order valence-corrected chi connectivity index (χ4v) is 3.38. The predicted molar refractivity (Wildman–Crippen MR) is 119 cm³/mol. The van der Waals surface area contributed by atoms with Gasteiger partial charge < -0.3 is 19.9 Å². The van der Waals surface area contributed by atoms with Crippen LogP contribution >= 0.6 is 0 Å². The number of carbonyl (C=O) groups excluding carboxylic acids is 1. The number of benzene rings is 1. The van der Waals surface area contributed by atoms with Crippen LogP contribution in [0.3, 0.4) is 0 Å². The fraction of sp³-hybridized carbons (Fsp3) is 0.500. The Morgan fingerprint density at radius 3 is 2.77 bits per heavy atom. The molecular formula is C22H32N6O2. The van der Waals surface area contributed by atoms with E-state index in [1.165, 1.54) is 0 Å². The second-order valence-electron chi connectivity index (χ2n) is 7.88. The Balaban J connectivity index is 1.57. The zero-order chi connectivity index (χ0) is 21.5. The molecule has 0 aliphatic carbocycles. The van der Waals surface area contributed by atoms with Crippen molar-refractivity contribution >= 4 is 17.6 Å². The van der Waals surface area contributed by atoms with Crippen LogP contribution in [0, 0.1) is 5.92 Å². The third kappa shape index (κ3) is 5.52. The summed E-state index contributed by atoms with van der Waals surface area (Å²) in [6.07, 6.45) is 4.60. The lowest BCUT2D eigenvalue weighted by atomic mass is 10.1. The summed E-state index contributed by atoms with van der Waals surface area (Å²) in [4.78, 5) is 20.8. The van der Waals surface area contributed by atoms with Gasteiger partial charge in [-0.25, -0.2) is 0 Å². The molecule has 30 heavy (non-hydrogen) atoms. The first kappa shape index (κ1) is 21.7. The number of nitrogens with one attached hydrogen (secondary N) is 1. The number of aryl methyl sites for hydroxylation is 1. The molecule has 1 amide bonds. The number of nitrogens with zero attached hydrogens (tertiary/aromatic N) is 5. The van der Waals surface area contributed by atoms with E-state index in [0.717, 1.165) is 23.4 Å². The van der Waals surface area contributed by atoms with Gasteiger partial charge in [-0.3, -0.25) is 14.5 Å². The quantitative estimate of drug-likeness (QED) is 0.558. The highest BCUT2D eigenvalue weighted by molar-refractivity contribution is 5.98. The van der Waals surface area contributed by atoms with Gasteiger partial charge >= 0.3 is 0 Å². The molecule has 162 valence electrons. The molecule has 2 aromatic rings. The standard InChI is InChI=1S/C22H32N6O2/c1-17(2)9-12-30-20-8-6-5-7-18(20)13-24-22(23-3)27-10-11-28(21(29)16-27)19-14-25-26(4)15-19/h5-8,14-15,17H,9-13,16H2,1-4H3,(H,23,24). The van der Waals surface area contributed by atoms with E-state index >= 15 is 0 Å². The number of rotatable bonds is 7. The van der Waals surface area contributed by atoms with Gasteiger partial charge in [0.25, 0.3) is 0 Å². The Labute approximate surface area is 178 Å². The monoisotopic (exact) mass is 412 g/mol. The smallest absolute Gasteiger partial charge is 0.246 e. The van der Waals surface area contributed by atoms with Crippen molar-refractivity contribution in [3.8, 4) is 5.75 Å².